The van der Waals surface area contributed by atoms with Gasteiger partial charge in [0.15, 0.2) is 0 Å². The summed E-state index contributed by atoms with van der Waals surface area (Å²) in [7, 11) is 0. The molecule has 0 radical (unpaired) electrons. The van der Waals surface area contributed by atoms with Crippen molar-refractivity contribution in [2.45, 2.75) is 32.2 Å². The third-order valence-corrected chi connectivity index (χ3v) is 3.34. The van der Waals surface area contributed by atoms with E-state index in [1.807, 2.05) is 6.92 Å². The van der Waals surface area contributed by atoms with E-state index >= 15 is 0 Å². The Balaban J connectivity index is 2.17. The maximum absolute atomic E-state index is 5.90. The normalized spacial score (nSPS) is 16.6. The molecule has 17 heavy (non-hydrogen) atoms. The fraction of sp³-hybridized carbons (Fsp3) is 0.429. The molecule has 0 amide bonds. The van der Waals surface area contributed by atoms with E-state index in [4.69, 9.17) is 10.5 Å². The monoisotopic (exact) mass is 230 g/mol. The van der Waals surface area contributed by atoms with Gasteiger partial charge >= 0.3 is 0 Å². The van der Waals surface area contributed by atoms with Gasteiger partial charge in [0.25, 0.3) is 0 Å². The molecule has 0 saturated heterocycles. The van der Waals surface area contributed by atoms with Gasteiger partial charge in [-0.25, -0.2) is 0 Å². The van der Waals surface area contributed by atoms with Crippen molar-refractivity contribution in [3.05, 3.63) is 29.5 Å². The number of hydrogen-bond donors (Lipinski definition) is 2. The highest BCUT2D eigenvalue weighted by molar-refractivity contribution is 5.90. The van der Waals surface area contributed by atoms with Crippen LogP contribution in [0.4, 0.5) is 0 Å². The van der Waals surface area contributed by atoms with Crippen LogP contribution in [0.15, 0.2) is 18.3 Å². The molecule has 0 fully saturated rings. The summed E-state index contributed by atoms with van der Waals surface area (Å²) in [6.07, 6.45) is 5.19. The lowest BCUT2D eigenvalue weighted by Crippen LogP contribution is -2.17. The lowest BCUT2D eigenvalue weighted by atomic mass is 9.99. The number of aromatic amines is 1. The zero-order valence-corrected chi connectivity index (χ0v) is 10.1. The van der Waals surface area contributed by atoms with Crippen LogP contribution in [0, 0.1) is 0 Å². The summed E-state index contributed by atoms with van der Waals surface area (Å²) in [6, 6.07) is 4.49. The highest BCUT2D eigenvalue weighted by Gasteiger charge is 2.17. The van der Waals surface area contributed by atoms with Crippen molar-refractivity contribution in [2.75, 3.05) is 6.61 Å². The van der Waals surface area contributed by atoms with E-state index in [9.17, 15) is 0 Å². The van der Waals surface area contributed by atoms with Crippen LogP contribution in [0.25, 0.3) is 10.9 Å². The highest BCUT2D eigenvalue weighted by Crippen LogP contribution is 2.35. The van der Waals surface area contributed by atoms with Crippen molar-refractivity contribution in [2.24, 2.45) is 5.73 Å². The number of aryl methyl sites for hydroxylation is 1. The summed E-state index contributed by atoms with van der Waals surface area (Å²) in [5, 5.41) is 1.24. The van der Waals surface area contributed by atoms with Gasteiger partial charge in [-0.1, -0.05) is 6.07 Å². The SMILES string of the molecule is CC(N)Cc1c[nH]c2ccc3c(c12)OCCC3. The number of nitrogens with one attached hydrogen (secondary N) is 1. The Morgan fingerprint density at radius 1 is 1.47 bits per heavy atom. The van der Waals surface area contributed by atoms with Gasteiger partial charge < -0.3 is 15.5 Å². The third kappa shape index (κ3) is 1.80. The van der Waals surface area contributed by atoms with Gasteiger partial charge in [0.05, 0.1) is 6.61 Å². The number of fused-ring (bicyclic) bond motifs is 3. The van der Waals surface area contributed by atoms with Crippen LogP contribution in [0.5, 0.6) is 5.75 Å². The van der Waals surface area contributed by atoms with Gasteiger partial charge in [-0.05, 0) is 43.4 Å². The number of H-pyrrole nitrogens is 1. The lowest BCUT2D eigenvalue weighted by molar-refractivity contribution is 0.292. The fourth-order valence-electron chi connectivity index (χ4n) is 2.61. The Kier molecular flexibility index (Phi) is 2.56. The van der Waals surface area contributed by atoms with Gasteiger partial charge in [-0.3, -0.25) is 0 Å². The van der Waals surface area contributed by atoms with E-state index in [1.54, 1.807) is 0 Å². The van der Waals surface area contributed by atoms with Gasteiger partial charge in [0, 0.05) is 23.1 Å². The van der Waals surface area contributed by atoms with Gasteiger partial charge in [-0.2, -0.15) is 0 Å². The molecule has 1 aromatic carbocycles. The van der Waals surface area contributed by atoms with Crippen LogP contribution in [0.1, 0.15) is 24.5 Å². The van der Waals surface area contributed by atoms with Crippen molar-refractivity contribution in [1.29, 1.82) is 0 Å². The molecule has 2 aromatic rings. The molecule has 3 N–H and O–H groups in total. The molecule has 0 bridgehead atoms. The zero-order chi connectivity index (χ0) is 11.8. The first-order valence-corrected chi connectivity index (χ1v) is 6.26. The molecule has 0 aliphatic carbocycles. The first-order chi connectivity index (χ1) is 8.25. The minimum Gasteiger partial charge on any atom is -0.493 e. The smallest absolute Gasteiger partial charge is 0.132 e. The van der Waals surface area contributed by atoms with Crippen LogP contribution < -0.4 is 10.5 Å². The largest absolute Gasteiger partial charge is 0.493 e. The molecular formula is C14H18N2O. The number of rotatable bonds is 2. The van der Waals surface area contributed by atoms with Crippen LogP contribution in [0.2, 0.25) is 0 Å². The van der Waals surface area contributed by atoms with E-state index in [1.165, 1.54) is 16.5 Å². The van der Waals surface area contributed by atoms with E-state index < -0.39 is 0 Å². The maximum Gasteiger partial charge on any atom is 0.132 e. The molecule has 1 aliphatic rings. The van der Waals surface area contributed by atoms with E-state index in [2.05, 4.69) is 23.3 Å². The molecule has 0 spiro atoms. The van der Waals surface area contributed by atoms with E-state index in [0.717, 1.165) is 37.1 Å². The Hall–Kier alpha value is -1.48. The predicted octanol–water partition coefficient (Wildman–Crippen LogP) is 2.38. The van der Waals surface area contributed by atoms with Crippen molar-refractivity contribution in [3.63, 3.8) is 0 Å². The number of hydrogen-bond acceptors (Lipinski definition) is 2. The first-order valence-electron chi connectivity index (χ1n) is 6.26. The second-order valence-corrected chi connectivity index (χ2v) is 4.92. The number of nitrogens with two attached hydrogens (primary N) is 1. The van der Waals surface area contributed by atoms with Crippen molar-refractivity contribution >= 4 is 10.9 Å². The molecule has 0 saturated carbocycles. The average molecular weight is 230 g/mol. The Morgan fingerprint density at radius 3 is 3.18 bits per heavy atom. The van der Waals surface area contributed by atoms with Gasteiger partial charge in [0.1, 0.15) is 5.75 Å². The van der Waals surface area contributed by atoms with Crippen LogP contribution >= 0.6 is 0 Å². The van der Waals surface area contributed by atoms with Crippen molar-refractivity contribution < 1.29 is 4.74 Å². The number of aromatic nitrogens is 1. The molecular weight excluding hydrogens is 212 g/mol. The molecule has 1 unspecified atom stereocenters. The quantitative estimate of drug-likeness (QED) is 0.832. The minimum absolute atomic E-state index is 0.174. The predicted molar refractivity (Wildman–Crippen MR) is 69.5 cm³/mol. The van der Waals surface area contributed by atoms with Crippen molar-refractivity contribution in [1.82, 2.24) is 4.98 Å². The van der Waals surface area contributed by atoms with E-state index in [-0.39, 0.29) is 6.04 Å². The molecule has 1 atom stereocenters. The topological polar surface area (TPSA) is 51.0 Å². The summed E-state index contributed by atoms with van der Waals surface area (Å²) in [5.74, 6) is 1.07. The van der Waals surface area contributed by atoms with Crippen LogP contribution in [-0.2, 0) is 12.8 Å². The summed E-state index contributed by atoms with van der Waals surface area (Å²) in [4.78, 5) is 3.31. The fourth-order valence-corrected chi connectivity index (χ4v) is 2.61. The molecule has 2 heterocycles. The van der Waals surface area contributed by atoms with Crippen LogP contribution in [-0.4, -0.2) is 17.6 Å². The molecule has 3 heteroatoms. The number of benzene rings is 1. The maximum atomic E-state index is 5.90. The second kappa shape index (κ2) is 4.08. The van der Waals surface area contributed by atoms with Gasteiger partial charge in [-0.15, -0.1) is 0 Å². The third-order valence-electron chi connectivity index (χ3n) is 3.34. The Labute approximate surface area is 101 Å². The molecule has 1 aromatic heterocycles. The highest BCUT2D eigenvalue weighted by atomic mass is 16.5. The van der Waals surface area contributed by atoms with E-state index in [0.29, 0.717) is 0 Å². The average Bonchev–Trinajstić information content (AvgIpc) is 2.72. The van der Waals surface area contributed by atoms with Crippen LogP contribution in [0.3, 0.4) is 0 Å². The molecule has 3 rings (SSSR count). The molecule has 1 aliphatic heterocycles. The Morgan fingerprint density at radius 2 is 2.35 bits per heavy atom. The van der Waals surface area contributed by atoms with Gasteiger partial charge in [0.2, 0.25) is 0 Å². The second-order valence-electron chi connectivity index (χ2n) is 4.92. The minimum atomic E-state index is 0.174. The standard InChI is InChI=1S/C14H18N2O/c1-9(15)7-11-8-16-12-5-4-10-3-2-6-17-14(10)13(11)12/h4-5,8-9,16H,2-3,6-7,15H2,1H3. The molecule has 90 valence electrons. The lowest BCUT2D eigenvalue weighted by Gasteiger charge is -2.19. The summed E-state index contributed by atoms with van der Waals surface area (Å²) < 4.78 is 5.86. The first kappa shape index (κ1) is 10.7. The van der Waals surface area contributed by atoms with Crippen molar-refractivity contribution in [3.8, 4) is 5.75 Å². The summed E-state index contributed by atoms with van der Waals surface area (Å²) in [6.45, 7) is 2.87. The zero-order valence-electron chi connectivity index (χ0n) is 10.1. The summed E-state index contributed by atoms with van der Waals surface area (Å²) in [5.41, 5.74) is 9.65. The summed E-state index contributed by atoms with van der Waals surface area (Å²) >= 11 is 0. The Bertz CT molecular complexity index is 542. The molecule has 3 nitrogen and oxygen atoms in total. The number of ether oxygens (including phenoxy) is 1.